The van der Waals surface area contributed by atoms with Gasteiger partial charge < -0.3 is 9.84 Å². The van der Waals surface area contributed by atoms with Crippen LogP contribution >= 0.6 is 24.0 Å². The van der Waals surface area contributed by atoms with Crippen molar-refractivity contribution >= 4 is 52.6 Å². The first-order chi connectivity index (χ1) is 15.2. The number of nitro groups is 1. The maximum absolute atomic E-state index is 13.0. The van der Waals surface area contributed by atoms with Gasteiger partial charge in [0.1, 0.15) is 11.5 Å². The number of aromatic carboxylic acids is 1. The van der Waals surface area contributed by atoms with E-state index in [2.05, 4.69) is 12.6 Å². The number of ketones is 1. The van der Waals surface area contributed by atoms with Crippen molar-refractivity contribution in [2.24, 2.45) is 5.92 Å². The molecule has 1 amide bonds. The van der Waals surface area contributed by atoms with E-state index in [-0.39, 0.29) is 52.5 Å². The zero-order chi connectivity index (χ0) is 23.4. The Bertz CT molecular complexity index is 1070. The Kier molecular flexibility index (Phi) is 7.26. The number of ether oxygens (including phenoxy) is 1. The number of carbonyl (C=O) groups is 4. The SMILES string of the molecule is O=C(S)C[C@@H]1C[C@@H](C(=O)c2ccc(C(=O)O)s2)N(C(=O)OCc2ccc([N+](=O)[O-])cc2)C1. The van der Waals surface area contributed by atoms with Gasteiger partial charge >= 0.3 is 12.1 Å². The molecule has 1 saturated heterocycles. The standard InChI is InChI=1S/C20H18N2O8S2/c23-17(31)8-12-7-14(18(24)15-5-6-16(32-15)19(25)26)21(9-12)20(27)30-10-11-1-3-13(4-2-11)22(28)29/h1-6,12,14H,7-10H2,(H,23,31)(H,25,26)/t12-,14-/m0/s1. The van der Waals surface area contributed by atoms with Crippen LogP contribution in [0.3, 0.4) is 0 Å². The Labute approximate surface area is 191 Å². The van der Waals surface area contributed by atoms with E-state index in [1.165, 1.54) is 41.3 Å². The number of amides is 1. The first-order valence-corrected chi connectivity index (χ1v) is 10.7. The minimum absolute atomic E-state index is 0.000676. The van der Waals surface area contributed by atoms with Gasteiger partial charge in [0.25, 0.3) is 5.69 Å². The van der Waals surface area contributed by atoms with Gasteiger partial charge in [-0.05, 0) is 42.2 Å². The number of rotatable bonds is 8. The third-order valence-electron chi connectivity index (χ3n) is 4.96. The Hall–Kier alpha value is -3.25. The highest BCUT2D eigenvalue weighted by atomic mass is 32.1. The molecule has 1 aliphatic heterocycles. The van der Waals surface area contributed by atoms with E-state index >= 15 is 0 Å². The number of carboxylic acid groups (broad SMARTS) is 1. The number of hydrogen-bond donors (Lipinski definition) is 2. The first-order valence-electron chi connectivity index (χ1n) is 9.41. The molecular formula is C20H18N2O8S2. The molecule has 3 rings (SSSR count). The van der Waals surface area contributed by atoms with Crippen molar-refractivity contribution < 1.29 is 33.9 Å². The van der Waals surface area contributed by atoms with E-state index in [4.69, 9.17) is 9.84 Å². The summed E-state index contributed by atoms with van der Waals surface area (Å²) in [5, 5.41) is 19.5. The normalized spacial score (nSPS) is 17.7. The Morgan fingerprint density at radius 3 is 2.38 bits per heavy atom. The summed E-state index contributed by atoms with van der Waals surface area (Å²) in [5.41, 5.74) is 0.429. The third-order valence-corrected chi connectivity index (χ3v) is 6.23. The summed E-state index contributed by atoms with van der Waals surface area (Å²) in [6.07, 6.45) is -0.479. The minimum atomic E-state index is -1.15. The lowest BCUT2D eigenvalue weighted by Crippen LogP contribution is -2.40. The summed E-state index contributed by atoms with van der Waals surface area (Å²) in [4.78, 5) is 59.9. The zero-order valence-electron chi connectivity index (χ0n) is 16.5. The molecular weight excluding hydrogens is 460 g/mol. The van der Waals surface area contributed by atoms with Crippen LogP contribution < -0.4 is 0 Å². The molecule has 168 valence electrons. The van der Waals surface area contributed by atoms with Gasteiger partial charge in [0.15, 0.2) is 10.9 Å². The second-order valence-corrected chi connectivity index (χ2v) is 8.76. The van der Waals surface area contributed by atoms with Gasteiger partial charge in [-0.15, -0.1) is 24.0 Å². The smallest absolute Gasteiger partial charge is 0.410 e. The van der Waals surface area contributed by atoms with Crippen LogP contribution in [0, 0.1) is 16.0 Å². The summed E-state index contributed by atoms with van der Waals surface area (Å²) in [6, 6.07) is 7.30. The second-order valence-electron chi connectivity index (χ2n) is 7.18. The number of carbonyl (C=O) groups excluding carboxylic acids is 3. The van der Waals surface area contributed by atoms with Crippen LogP contribution in [0.15, 0.2) is 36.4 Å². The number of nitro benzene ring substituents is 1. The highest BCUT2D eigenvalue weighted by molar-refractivity contribution is 7.96. The van der Waals surface area contributed by atoms with Crippen LogP contribution in [0.25, 0.3) is 0 Å². The highest BCUT2D eigenvalue weighted by Crippen LogP contribution is 2.31. The molecule has 0 aliphatic carbocycles. The third kappa shape index (κ3) is 5.51. The molecule has 0 bridgehead atoms. The maximum Gasteiger partial charge on any atom is 0.410 e. The van der Waals surface area contributed by atoms with Crippen molar-refractivity contribution in [1.29, 1.82) is 0 Å². The molecule has 32 heavy (non-hydrogen) atoms. The number of thiophene rings is 1. The van der Waals surface area contributed by atoms with Crippen molar-refractivity contribution in [3.8, 4) is 0 Å². The van der Waals surface area contributed by atoms with Gasteiger partial charge in [-0.2, -0.15) is 0 Å². The molecule has 1 aromatic carbocycles. The minimum Gasteiger partial charge on any atom is -0.477 e. The van der Waals surface area contributed by atoms with Crippen LogP contribution in [-0.2, 0) is 16.1 Å². The van der Waals surface area contributed by atoms with Crippen molar-refractivity contribution in [2.75, 3.05) is 6.54 Å². The average Bonchev–Trinajstić information content (AvgIpc) is 3.39. The number of benzene rings is 1. The number of Topliss-reactive ketones (excluding diaryl/α,β-unsaturated/α-hetero) is 1. The van der Waals surface area contributed by atoms with Crippen molar-refractivity contribution in [2.45, 2.75) is 25.5 Å². The van der Waals surface area contributed by atoms with Gasteiger partial charge in [-0.25, -0.2) is 9.59 Å². The zero-order valence-corrected chi connectivity index (χ0v) is 18.2. The van der Waals surface area contributed by atoms with Crippen molar-refractivity contribution in [1.82, 2.24) is 4.90 Å². The van der Waals surface area contributed by atoms with E-state index in [0.29, 0.717) is 5.56 Å². The summed E-state index contributed by atoms with van der Waals surface area (Å²) in [5.74, 6) is -1.87. The predicted octanol–water partition coefficient (Wildman–Crippen LogP) is 3.41. The van der Waals surface area contributed by atoms with Gasteiger partial charge in [-0.1, -0.05) is 0 Å². The van der Waals surface area contributed by atoms with Gasteiger partial charge in [0.2, 0.25) is 0 Å². The van der Waals surface area contributed by atoms with Crippen LogP contribution in [-0.4, -0.2) is 50.5 Å². The molecule has 1 fully saturated rings. The Morgan fingerprint density at radius 1 is 1.16 bits per heavy atom. The molecule has 12 heteroatoms. The number of carboxylic acids is 1. The van der Waals surface area contributed by atoms with Gasteiger partial charge in [-0.3, -0.25) is 24.6 Å². The predicted molar refractivity (Wildman–Crippen MR) is 116 cm³/mol. The Balaban J connectivity index is 1.73. The van der Waals surface area contributed by atoms with Crippen LogP contribution in [0.1, 0.15) is 37.7 Å². The molecule has 1 N–H and O–H groups in total. The maximum atomic E-state index is 13.0. The second kappa shape index (κ2) is 9.92. The molecule has 0 unspecified atom stereocenters. The van der Waals surface area contributed by atoms with Gasteiger partial charge in [0.05, 0.1) is 15.8 Å². The largest absolute Gasteiger partial charge is 0.477 e. The molecule has 10 nitrogen and oxygen atoms in total. The molecule has 0 saturated carbocycles. The van der Waals surface area contributed by atoms with Crippen LogP contribution in [0.4, 0.5) is 10.5 Å². The molecule has 2 aromatic rings. The fraction of sp³-hybridized carbons (Fsp3) is 0.300. The first kappa shape index (κ1) is 23.4. The number of non-ortho nitro benzene ring substituents is 1. The number of thiol groups is 1. The molecule has 2 atom stereocenters. The topological polar surface area (TPSA) is 144 Å². The van der Waals surface area contributed by atoms with E-state index in [0.717, 1.165) is 11.3 Å². The monoisotopic (exact) mass is 478 g/mol. The summed E-state index contributed by atoms with van der Waals surface area (Å²) in [6.45, 7) is -0.0501. The van der Waals surface area contributed by atoms with E-state index in [1.54, 1.807) is 0 Å². The lowest BCUT2D eigenvalue weighted by molar-refractivity contribution is -0.384. The summed E-state index contributed by atoms with van der Waals surface area (Å²) in [7, 11) is 0. The highest BCUT2D eigenvalue weighted by Gasteiger charge is 2.41. The lowest BCUT2D eigenvalue weighted by Gasteiger charge is -2.22. The summed E-state index contributed by atoms with van der Waals surface area (Å²) < 4.78 is 5.30. The fourth-order valence-corrected chi connectivity index (χ4v) is 4.55. The van der Waals surface area contributed by atoms with Crippen molar-refractivity contribution in [3.05, 3.63) is 61.8 Å². The molecule has 0 radical (unpaired) electrons. The number of hydrogen-bond acceptors (Lipinski definition) is 8. The lowest BCUT2D eigenvalue weighted by atomic mass is 10.00. The molecule has 1 aliphatic rings. The molecule has 0 spiro atoms. The number of likely N-dealkylation sites (tertiary alicyclic amines) is 1. The molecule has 2 heterocycles. The fourth-order valence-electron chi connectivity index (χ4n) is 3.46. The number of nitrogens with zero attached hydrogens (tertiary/aromatic N) is 2. The van der Waals surface area contributed by atoms with Gasteiger partial charge in [0, 0.05) is 25.1 Å². The summed E-state index contributed by atoms with van der Waals surface area (Å²) >= 11 is 4.59. The van der Waals surface area contributed by atoms with Crippen LogP contribution in [0.5, 0.6) is 0 Å². The molecule has 1 aromatic heterocycles. The quantitative estimate of drug-likeness (QED) is 0.254. The Morgan fingerprint density at radius 2 is 1.81 bits per heavy atom. The van der Waals surface area contributed by atoms with E-state index in [9.17, 15) is 29.3 Å². The van der Waals surface area contributed by atoms with Crippen molar-refractivity contribution in [3.63, 3.8) is 0 Å². The van der Waals surface area contributed by atoms with E-state index < -0.39 is 28.8 Å². The van der Waals surface area contributed by atoms with E-state index in [1.807, 2.05) is 0 Å². The van der Waals surface area contributed by atoms with Crippen LogP contribution in [0.2, 0.25) is 0 Å². The average molecular weight is 479 g/mol.